The number of halogens is 1. The molecule has 0 spiro atoms. The van der Waals surface area contributed by atoms with Gasteiger partial charge in [-0.05, 0) is 52.9 Å². The quantitative estimate of drug-likeness (QED) is 0.676. The van der Waals surface area contributed by atoms with Gasteiger partial charge in [0.25, 0.3) is 0 Å². The van der Waals surface area contributed by atoms with Gasteiger partial charge in [0.15, 0.2) is 0 Å². The van der Waals surface area contributed by atoms with Crippen LogP contribution in [-0.4, -0.2) is 29.6 Å². The first-order valence-corrected chi connectivity index (χ1v) is 8.29. The fourth-order valence-corrected chi connectivity index (χ4v) is 3.69. The molecule has 2 N–H and O–H groups in total. The van der Waals surface area contributed by atoms with Gasteiger partial charge in [-0.15, -0.1) is 11.8 Å². The summed E-state index contributed by atoms with van der Waals surface area (Å²) in [5, 5.41) is 0. The van der Waals surface area contributed by atoms with E-state index in [2.05, 4.69) is 22.9 Å². The third-order valence-corrected chi connectivity index (χ3v) is 5.42. The van der Waals surface area contributed by atoms with Gasteiger partial charge in [0, 0.05) is 28.1 Å². The van der Waals surface area contributed by atoms with E-state index in [0.717, 1.165) is 46.9 Å². The van der Waals surface area contributed by atoms with Crippen LogP contribution in [0.5, 0.6) is 0 Å². The van der Waals surface area contributed by atoms with Crippen molar-refractivity contribution in [3.05, 3.63) is 22.7 Å². The fraction of sp³-hybridized carbons (Fsp3) is 0.500. The van der Waals surface area contributed by atoms with E-state index in [1.54, 1.807) is 11.8 Å². The third-order valence-electron chi connectivity index (χ3n) is 3.44. The lowest BCUT2D eigenvalue weighted by Crippen LogP contribution is -2.38. The van der Waals surface area contributed by atoms with Gasteiger partial charge < -0.3 is 10.6 Å². The number of rotatable bonds is 3. The molecule has 104 valence electrons. The second-order valence-corrected chi connectivity index (χ2v) is 6.91. The molecule has 3 nitrogen and oxygen atoms in total. The molecule has 0 saturated carbocycles. The number of hydrogen-bond acceptors (Lipinski definition) is 3. The van der Waals surface area contributed by atoms with Crippen molar-refractivity contribution in [2.24, 2.45) is 5.92 Å². The van der Waals surface area contributed by atoms with Gasteiger partial charge in [-0.1, -0.05) is 6.92 Å². The molecule has 1 aromatic carbocycles. The van der Waals surface area contributed by atoms with Crippen molar-refractivity contribution >= 4 is 39.3 Å². The van der Waals surface area contributed by atoms with Crippen LogP contribution in [0.15, 0.2) is 27.6 Å². The number of hydrogen-bond donors (Lipinski definition) is 1. The van der Waals surface area contributed by atoms with Crippen LogP contribution in [-0.2, 0) is 4.79 Å². The maximum Gasteiger partial charge on any atom is 0.232 e. The number of carbonyl (C=O) groups excluding carboxylic acids is 1. The van der Waals surface area contributed by atoms with Crippen molar-refractivity contribution in [3.63, 3.8) is 0 Å². The molecule has 0 aromatic heterocycles. The molecule has 1 aliphatic heterocycles. The molecule has 1 aromatic rings. The number of nitrogen functional groups attached to an aromatic ring is 1. The second kappa shape index (κ2) is 6.66. The van der Waals surface area contributed by atoms with Crippen LogP contribution in [0.1, 0.15) is 19.8 Å². The number of piperidine rings is 1. The first-order valence-electron chi connectivity index (χ1n) is 6.52. The van der Waals surface area contributed by atoms with Gasteiger partial charge in [0.2, 0.25) is 5.91 Å². The number of anilines is 1. The van der Waals surface area contributed by atoms with Crippen LogP contribution in [0.4, 0.5) is 5.69 Å². The van der Waals surface area contributed by atoms with Crippen LogP contribution in [0, 0.1) is 5.92 Å². The van der Waals surface area contributed by atoms with E-state index in [4.69, 9.17) is 5.73 Å². The van der Waals surface area contributed by atoms with E-state index in [1.807, 2.05) is 23.1 Å². The summed E-state index contributed by atoms with van der Waals surface area (Å²) in [6, 6.07) is 5.69. The summed E-state index contributed by atoms with van der Waals surface area (Å²) in [6.45, 7) is 4.06. The number of nitrogens with two attached hydrogens (primary N) is 1. The number of amides is 1. The van der Waals surface area contributed by atoms with Crippen molar-refractivity contribution in [3.8, 4) is 0 Å². The molecule has 1 aliphatic rings. The van der Waals surface area contributed by atoms with Gasteiger partial charge in [-0.3, -0.25) is 4.79 Å². The molecule has 1 amide bonds. The zero-order valence-corrected chi connectivity index (χ0v) is 13.5. The lowest BCUT2D eigenvalue weighted by Gasteiger charge is -2.30. The lowest BCUT2D eigenvalue weighted by molar-refractivity contribution is -0.129. The second-order valence-electron chi connectivity index (χ2n) is 5.04. The fourth-order valence-electron chi connectivity index (χ4n) is 2.12. The Kier molecular flexibility index (Phi) is 5.16. The minimum Gasteiger partial charge on any atom is -0.399 e. The van der Waals surface area contributed by atoms with E-state index in [0.29, 0.717) is 5.75 Å². The zero-order chi connectivity index (χ0) is 13.8. The van der Waals surface area contributed by atoms with Gasteiger partial charge in [-0.25, -0.2) is 0 Å². The smallest absolute Gasteiger partial charge is 0.232 e. The van der Waals surface area contributed by atoms with Crippen LogP contribution >= 0.6 is 27.7 Å². The monoisotopic (exact) mass is 342 g/mol. The predicted octanol–water partition coefficient (Wildman–Crippen LogP) is 3.38. The largest absolute Gasteiger partial charge is 0.399 e. The molecule has 19 heavy (non-hydrogen) atoms. The molecular formula is C14H19BrN2OS. The Morgan fingerprint density at radius 3 is 2.79 bits per heavy atom. The Balaban J connectivity index is 1.86. The maximum atomic E-state index is 12.1. The van der Waals surface area contributed by atoms with Crippen LogP contribution < -0.4 is 5.73 Å². The molecule has 0 atom stereocenters. The minimum atomic E-state index is 0.237. The Labute approximate surface area is 127 Å². The molecule has 1 saturated heterocycles. The minimum absolute atomic E-state index is 0.237. The molecule has 0 aliphatic carbocycles. The SMILES string of the molecule is CC1CCN(C(=O)CSc2ccc(N)cc2Br)CC1. The summed E-state index contributed by atoms with van der Waals surface area (Å²) >= 11 is 5.04. The maximum absolute atomic E-state index is 12.1. The van der Waals surface area contributed by atoms with Crippen molar-refractivity contribution in [1.29, 1.82) is 0 Å². The third kappa shape index (κ3) is 4.14. The van der Waals surface area contributed by atoms with E-state index < -0.39 is 0 Å². The van der Waals surface area contributed by atoms with Crippen LogP contribution in [0.3, 0.4) is 0 Å². The van der Waals surface area contributed by atoms with Gasteiger partial charge in [-0.2, -0.15) is 0 Å². The summed E-state index contributed by atoms with van der Waals surface area (Å²) in [7, 11) is 0. The average Bonchev–Trinajstić information content (AvgIpc) is 2.38. The average molecular weight is 343 g/mol. The molecule has 0 bridgehead atoms. The van der Waals surface area contributed by atoms with E-state index >= 15 is 0 Å². The standard InChI is InChI=1S/C14H19BrN2OS/c1-10-4-6-17(7-5-10)14(18)9-19-13-3-2-11(16)8-12(13)15/h2-3,8,10H,4-7,9,16H2,1H3. The summed E-state index contributed by atoms with van der Waals surface area (Å²) in [5.41, 5.74) is 6.43. The van der Waals surface area contributed by atoms with Crippen molar-refractivity contribution in [1.82, 2.24) is 4.90 Å². The Hall–Kier alpha value is -0.680. The Morgan fingerprint density at radius 2 is 2.16 bits per heavy atom. The number of likely N-dealkylation sites (tertiary alicyclic amines) is 1. The number of benzene rings is 1. The van der Waals surface area contributed by atoms with Gasteiger partial charge >= 0.3 is 0 Å². The van der Waals surface area contributed by atoms with Crippen LogP contribution in [0.25, 0.3) is 0 Å². The summed E-state index contributed by atoms with van der Waals surface area (Å²) < 4.78 is 0.956. The number of carbonyl (C=O) groups is 1. The van der Waals surface area contributed by atoms with E-state index in [1.165, 1.54) is 0 Å². The van der Waals surface area contributed by atoms with Crippen LogP contribution in [0.2, 0.25) is 0 Å². The highest BCUT2D eigenvalue weighted by Crippen LogP contribution is 2.29. The highest BCUT2D eigenvalue weighted by molar-refractivity contribution is 9.10. The lowest BCUT2D eigenvalue weighted by atomic mass is 9.99. The first-order chi connectivity index (χ1) is 9.06. The molecular weight excluding hydrogens is 324 g/mol. The number of nitrogens with zero attached hydrogens (tertiary/aromatic N) is 1. The molecule has 1 heterocycles. The molecule has 2 rings (SSSR count). The first kappa shape index (κ1) is 14.7. The van der Waals surface area contributed by atoms with Crippen molar-refractivity contribution in [2.75, 3.05) is 24.6 Å². The Morgan fingerprint density at radius 1 is 1.47 bits per heavy atom. The highest BCUT2D eigenvalue weighted by atomic mass is 79.9. The topological polar surface area (TPSA) is 46.3 Å². The van der Waals surface area contributed by atoms with Crippen molar-refractivity contribution < 1.29 is 4.79 Å². The predicted molar refractivity (Wildman–Crippen MR) is 84.3 cm³/mol. The summed E-state index contributed by atoms with van der Waals surface area (Å²) in [4.78, 5) is 15.2. The van der Waals surface area contributed by atoms with Gasteiger partial charge in [0.05, 0.1) is 5.75 Å². The number of thioether (sulfide) groups is 1. The molecule has 0 radical (unpaired) electrons. The molecule has 0 unspecified atom stereocenters. The van der Waals surface area contributed by atoms with E-state index in [9.17, 15) is 4.79 Å². The molecule has 1 fully saturated rings. The van der Waals surface area contributed by atoms with Gasteiger partial charge in [0.1, 0.15) is 0 Å². The van der Waals surface area contributed by atoms with Crippen molar-refractivity contribution in [2.45, 2.75) is 24.7 Å². The molecule has 5 heteroatoms. The van der Waals surface area contributed by atoms with E-state index in [-0.39, 0.29) is 5.91 Å². The summed E-state index contributed by atoms with van der Waals surface area (Å²) in [5.74, 6) is 1.49. The highest BCUT2D eigenvalue weighted by Gasteiger charge is 2.20. The Bertz CT molecular complexity index is 459. The zero-order valence-electron chi connectivity index (χ0n) is 11.1. The normalized spacial score (nSPS) is 16.6. The summed E-state index contributed by atoms with van der Waals surface area (Å²) in [6.07, 6.45) is 2.25.